The van der Waals surface area contributed by atoms with Crippen LogP contribution >= 0.6 is 0 Å². The molecule has 65 heavy (non-hydrogen) atoms. The molecular weight excluding hydrogens is 787 g/mol. The summed E-state index contributed by atoms with van der Waals surface area (Å²) in [6.07, 6.45) is 0. The highest BCUT2D eigenvalue weighted by Gasteiger charge is 2.47. The Bertz CT molecular complexity index is 3730. The highest BCUT2D eigenvalue weighted by Crippen LogP contribution is 2.60. The number of hydrogen-bond acceptors (Lipinski definition) is 2. The lowest BCUT2D eigenvalue weighted by molar-refractivity contribution is 0.669. The van der Waals surface area contributed by atoms with Crippen molar-refractivity contribution in [1.29, 1.82) is 0 Å². The molecule has 1 aliphatic rings. The minimum atomic E-state index is -0.537. The van der Waals surface area contributed by atoms with Gasteiger partial charge in [0.15, 0.2) is 5.58 Å². The van der Waals surface area contributed by atoms with Gasteiger partial charge in [0.05, 0.1) is 16.8 Å². The summed E-state index contributed by atoms with van der Waals surface area (Å²) in [5.41, 5.74) is 16.6. The third kappa shape index (κ3) is 5.60. The van der Waals surface area contributed by atoms with Crippen molar-refractivity contribution in [2.24, 2.45) is 0 Å². The van der Waals surface area contributed by atoms with E-state index in [9.17, 15) is 0 Å². The van der Waals surface area contributed by atoms with Crippen molar-refractivity contribution in [3.63, 3.8) is 0 Å². The lowest BCUT2D eigenvalue weighted by Gasteiger charge is -2.34. The van der Waals surface area contributed by atoms with Crippen LogP contribution < -0.4 is 4.90 Å². The van der Waals surface area contributed by atoms with E-state index < -0.39 is 5.41 Å². The minimum absolute atomic E-state index is 0.537. The van der Waals surface area contributed by atoms with E-state index in [1.165, 1.54) is 71.6 Å². The molecule has 2 heteroatoms. The Hall–Kier alpha value is -8.46. The predicted molar refractivity (Wildman–Crippen MR) is 272 cm³/mol. The zero-order valence-corrected chi connectivity index (χ0v) is 35.5. The number of furan rings is 1. The van der Waals surface area contributed by atoms with Crippen LogP contribution in [0.1, 0.15) is 22.3 Å². The van der Waals surface area contributed by atoms with Crippen LogP contribution in [0.4, 0.5) is 17.1 Å². The SMILES string of the molecule is c1ccc(C2(c3ccccc3)c3ccccc3-c3c(N(c4ccc(-c5cccc6c(-c7cccc8ccccc78)cccc56)cc4)c4cccc5c4oc4ccccc45)cccc32)cc1. The van der Waals surface area contributed by atoms with E-state index >= 15 is 0 Å². The summed E-state index contributed by atoms with van der Waals surface area (Å²) in [6.45, 7) is 0. The fourth-order valence-corrected chi connectivity index (χ4v) is 11.0. The van der Waals surface area contributed by atoms with Crippen LogP contribution in [0.5, 0.6) is 0 Å². The molecule has 1 heterocycles. The average molecular weight is 828 g/mol. The number of anilines is 3. The summed E-state index contributed by atoms with van der Waals surface area (Å²) < 4.78 is 6.85. The lowest BCUT2D eigenvalue weighted by atomic mass is 9.68. The normalized spacial score (nSPS) is 12.7. The maximum absolute atomic E-state index is 6.85. The molecule has 0 amide bonds. The molecule has 0 N–H and O–H groups in total. The van der Waals surface area contributed by atoms with Crippen LogP contribution in [-0.4, -0.2) is 0 Å². The minimum Gasteiger partial charge on any atom is -0.454 e. The summed E-state index contributed by atoms with van der Waals surface area (Å²) in [4.78, 5) is 2.43. The van der Waals surface area contributed by atoms with E-state index in [0.29, 0.717) is 0 Å². The Balaban J connectivity index is 1.03. The summed E-state index contributed by atoms with van der Waals surface area (Å²) in [5, 5.41) is 7.17. The third-order valence-electron chi connectivity index (χ3n) is 13.8. The second-order valence-electron chi connectivity index (χ2n) is 17.1. The quantitative estimate of drug-likeness (QED) is 0.159. The summed E-state index contributed by atoms with van der Waals surface area (Å²) >= 11 is 0. The van der Waals surface area contributed by atoms with Crippen LogP contribution in [0.15, 0.2) is 253 Å². The van der Waals surface area contributed by atoms with E-state index in [0.717, 1.165) is 44.6 Å². The Morgan fingerprint density at radius 3 is 1.62 bits per heavy atom. The van der Waals surface area contributed by atoms with Crippen molar-refractivity contribution in [3.8, 4) is 33.4 Å². The first-order valence-electron chi connectivity index (χ1n) is 22.4. The summed E-state index contributed by atoms with van der Waals surface area (Å²) in [6, 6.07) is 90.7. The molecule has 1 aliphatic carbocycles. The Morgan fingerprint density at radius 1 is 0.323 bits per heavy atom. The van der Waals surface area contributed by atoms with Crippen LogP contribution in [0.2, 0.25) is 0 Å². The first kappa shape index (κ1) is 37.1. The number of rotatable bonds is 7. The van der Waals surface area contributed by atoms with Gasteiger partial charge in [-0.3, -0.25) is 0 Å². The van der Waals surface area contributed by atoms with Crippen LogP contribution in [0, 0.1) is 0 Å². The predicted octanol–water partition coefficient (Wildman–Crippen LogP) is 17.1. The second-order valence-corrected chi connectivity index (χ2v) is 17.1. The molecule has 13 rings (SSSR count). The van der Waals surface area contributed by atoms with Crippen LogP contribution in [0.25, 0.3) is 76.9 Å². The highest BCUT2D eigenvalue weighted by atomic mass is 16.3. The zero-order valence-electron chi connectivity index (χ0n) is 35.5. The molecule has 0 saturated heterocycles. The van der Waals surface area contributed by atoms with Gasteiger partial charge in [0.1, 0.15) is 5.58 Å². The Kier molecular flexibility index (Phi) is 8.47. The first-order chi connectivity index (χ1) is 32.3. The van der Waals surface area contributed by atoms with E-state index in [1.807, 2.05) is 6.07 Å². The van der Waals surface area contributed by atoms with E-state index in [2.05, 4.69) is 248 Å². The average Bonchev–Trinajstić information content (AvgIpc) is 3.92. The molecule has 304 valence electrons. The van der Waals surface area contributed by atoms with Crippen molar-refractivity contribution in [1.82, 2.24) is 0 Å². The van der Waals surface area contributed by atoms with E-state index in [-0.39, 0.29) is 0 Å². The zero-order chi connectivity index (χ0) is 42.9. The van der Waals surface area contributed by atoms with Crippen molar-refractivity contribution >= 4 is 60.5 Å². The molecule has 12 aromatic rings. The molecule has 0 fully saturated rings. The molecule has 2 nitrogen and oxygen atoms in total. The summed E-state index contributed by atoms with van der Waals surface area (Å²) in [5.74, 6) is 0. The van der Waals surface area contributed by atoms with Gasteiger partial charge in [0.2, 0.25) is 0 Å². The van der Waals surface area contributed by atoms with Gasteiger partial charge < -0.3 is 9.32 Å². The standard InChI is InChI=1S/C63H41NO/c1-3-20-44(21-4-1)63(45-22-5-2-6-23-45)56-33-11-9-26-55(56)61-57(63)34-17-35-58(61)64(59-36-16-32-54-53-25-10-12-37-60(53)65-62(54)59)46-40-38-43(39-41-46)48-27-14-30-51-50(48)29-15-31-52(51)49-28-13-19-42-18-7-8-24-47(42)49/h1-41H. The van der Waals surface area contributed by atoms with Gasteiger partial charge in [0, 0.05) is 22.0 Å². The highest BCUT2D eigenvalue weighted by molar-refractivity contribution is 6.12. The molecular formula is C63H41NO. The van der Waals surface area contributed by atoms with E-state index in [1.54, 1.807) is 0 Å². The molecule has 11 aromatic carbocycles. The molecule has 0 radical (unpaired) electrons. The van der Waals surface area contributed by atoms with Crippen molar-refractivity contribution in [2.45, 2.75) is 5.41 Å². The van der Waals surface area contributed by atoms with Gasteiger partial charge >= 0.3 is 0 Å². The maximum atomic E-state index is 6.85. The van der Waals surface area contributed by atoms with Gasteiger partial charge in [-0.05, 0) is 102 Å². The largest absolute Gasteiger partial charge is 0.454 e. The molecule has 0 aliphatic heterocycles. The van der Waals surface area contributed by atoms with Crippen LogP contribution in [-0.2, 0) is 5.41 Å². The van der Waals surface area contributed by atoms with Gasteiger partial charge in [-0.1, -0.05) is 218 Å². The van der Waals surface area contributed by atoms with Gasteiger partial charge in [0.25, 0.3) is 0 Å². The number of nitrogens with zero attached hydrogens (tertiary/aromatic N) is 1. The molecule has 0 saturated carbocycles. The van der Waals surface area contributed by atoms with Gasteiger partial charge in [-0.2, -0.15) is 0 Å². The molecule has 0 unspecified atom stereocenters. The fraction of sp³-hybridized carbons (Fsp3) is 0.0159. The maximum Gasteiger partial charge on any atom is 0.159 e. The monoisotopic (exact) mass is 827 g/mol. The topological polar surface area (TPSA) is 16.4 Å². The smallest absolute Gasteiger partial charge is 0.159 e. The molecule has 0 bridgehead atoms. The second kappa shape index (κ2) is 14.8. The van der Waals surface area contributed by atoms with Gasteiger partial charge in [-0.25, -0.2) is 0 Å². The van der Waals surface area contributed by atoms with Crippen molar-refractivity contribution < 1.29 is 4.42 Å². The summed E-state index contributed by atoms with van der Waals surface area (Å²) in [7, 11) is 0. The third-order valence-corrected chi connectivity index (χ3v) is 13.8. The number of para-hydroxylation sites is 2. The van der Waals surface area contributed by atoms with Crippen LogP contribution in [0.3, 0.4) is 0 Å². The Morgan fingerprint density at radius 2 is 0.831 bits per heavy atom. The number of fused-ring (bicyclic) bond motifs is 8. The van der Waals surface area contributed by atoms with Crippen molar-refractivity contribution in [3.05, 3.63) is 271 Å². The van der Waals surface area contributed by atoms with Crippen molar-refractivity contribution in [2.75, 3.05) is 4.90 Å². The Labute approximate surface area is 377 Å². The first-order valence-corrected chi connectivity index (χ1v) is 22.4. The van der Waals surface area contributed by atoms with E-state index in [4.69, 9.17) is 4.42 Å². The molecule has 0 spiro atoms. The molecule has 0 atom stereocenters. The molecule has 1 aromatic heterocycles. The van der Waals surface area contributed by atoms with Gasteiger partial charge in [-0.15, -0.1) is 0 Å². The lowest BCUT2D eigenvalue weighted by Crippen LogP contribution is -2.28. The number of benzene rings is 11. The number of hydrogen-bond donors (Lipinski definition) is 0. The fourth-order valence-electron chi connectivity index (χ4n) is 11.0.